The lowest BCUT2D eigenvalue weighted by Crippen LogP contribution is -2.39. The zero-order valence-electron chi connectivity index (χ0n) is 16.8. The molecule has 0 aliphatic carbocycles. The number of hydrogen-bond acceptors (Lipinski definition) is 4. The third-order valence-electron chi connectivity index (χ3n) is 6.32. The molecule has 2 bridgehead atoms. The fourth-order valence-electron chi connectivity index (χ4n) is 4.72. The number of benzene rings is 2. The third-order valence-corrected chi connectivity index (χ3v) is 6.61. The number of halogens is 5. The number of fused-ring (bicyclic) bond motifs is 2. The molecule has 1 fully saturated rings. The van der Waals surface area contributed by atoms with E-state index < -0.39 is 17.7 Å². The van der Waals surface area contributed by atoms with Gasteiger partial charge in [-0.1, -0.05) is 23.7 Å². The molecule has 0 spiro atoms. The summed E-state index contributed by atoms with van der Waals surface area (Å²) in [5.74, 6) is 0.00183. The predicted molar refractivity (Wildman–Crippen MR) is 110 cm³/mol. The van der Waals surface area contributed by atoms with Gasteiger partial charge in [-0.15, -0.1) is 10.2 Å². The number of alkyl halides is 3. The summed E-state index contributed by atoms with van der Waals surface area (Å²) in [6, 6.07) is 12.6. The largest absolute Gasteiger partial charge is 0.438 e. The van der Waals surface area contributed by atoms with Gasteiger partial charge in [-0.3, -0.25) is 4.90 Å². The first-order valence-electron chi connectivity index (χ1n) is 10.1. The van der Waals surface area contributed by atoms with Crippen LogP contribution in [0.3, 0.4) is 0 Å². The van der Waals surface area contributed by atoms with Crippen molar-refractivity contribution in [3.8, 4) is 11.6 Å². The van der Waals surface area contributed by atoms with Crippen LogP contribution in [0.4, 0.5) is 17.6 Å². The first-order chi connectivity index (χ1) is 15.2. The summed E-state index contributed by atoms with van der Waals surface area (Å²) in [6.07, 6.45) is -2.79. The molecule has 166 valence electrons. The Labute approximate surface area is 186 Å². The highest BCUT2D eigenvalue weighted by atomic mass is 35.5. The average molecular weight is 464 g/mol. The van der Waals surface area contributed by atoms with Gasteiger partial charge in [-0.25, -0.2) is 4.39 Å². The number of nitrogens with zero attached hydrogens (tertiary/aromatic N) is 3. The van der Waals surface area contributed by atoms with Crippen LogP contribution in [0.15, 0.2) is 48.5 Å². The van der Waals surface area contributed by atoms with E-state index >= 15 is 0 Å². The van der Waals surface area contributed by atoms with E-state index in [2.05, 4.69) is 15.1 Å². The van der Waals surface area contributed by atoms with Gasteiger partial charge in [0.05, 0.1) is 5.02 Å². The van der Waals surface area contributed by atoms with E-state index in [4.69, 9.17) is 16.3 Å². The fraction of sp³-hybridized carbons (Fsp3) is 0.304. The molecule has 6 rings (SSSR count). The first-order valence-corrected chi connectivity index (χ1v) is 10.5. The Kier molecular flexibility index (Phi) is 5.09. The van der Waals surface area contributed by atoms with E-state index in [-0.39, 0.29) is 16.3 Å². The van der Waals surface area contributed by atoms with E-state index in [0.717, 1.165) is 61.3 Å². The van der Waals surface area contributed by atoms with Crippen molar-refractivity contribution >= 4 is 11.6 Å². The van der Waals surface area contributed by atoms with Crippen LogP contribution in [0.2, 0.25) is 5.02 Å². The van der Waals surface area contributed by atoms with Crippen LogP contribution >= 0.6 is 11.6 Å². The van der Waals surface area contributed by atoms with Gasteiger partial charge in [0.25, 0.3) is 0 Å². The monoisotopic (exact) mass is 463 g/mol. The Morgan fingerprint density at radius 3 is 2.41 bits per heavy atom. The van der Waals surface area contributed by atoms with Gasteiger partial charge in [0, 0.05) is 18.0 Å². The Morgan fingerprint density at radius 1 is 0.969 bits per heavy atom. The van der Waals surface area contributed by atoms with Gasteiger partial charge >= 0.3 is 6.18 Å². The first kappa shape index (κ1) is 21.2. The molecule has 0 amide bonds. The summed E-state index contributed by atoms with van der Waals surface area (Å²) in [5.41, 5.74) is 1.81. The van der Waals surface area contributed by atoms with E-state index in [1.807, 2.05) is 12.1 Å². The SMILES string of the molecule is Fc1ccc(C23CCN(CC2)Cc2cc(Oc4ccc(C(F)(F)F)nn4)ccc23)cc1Cl. The Balaban J connectivity index is 1.49. The second-order valence-corrected chi connectivity index (χ2v) is 8.57. The van der Waals surface area contributed by atoms with Crippen LogP contribution in [0.5, 0.6) is 11.6 Å². The van der Waals surface area contributed by atoms with Gasteiger partial charge in [-0.2, -0.15) is 13.2 Å². The standard InChI is InChI=1S/C23H18ClF4N3O/c24-18-12-15(1-4-19(18)25)22-7-9-31(10-8-22)13-14-11-16(2-3-17(14)22)32-21-6-5-20(29-30-21)23(26,27)28/h1-6,11-12H,7-10,13H2. The van der Waals surface area contributed by atoms with Gasteiger partial charge in [0.15, 0.2) is 5.69 Å². The van der Waals surface area contributed by atoms with Crippen molar-refractivity contribution in [3.63, 3.8) is 0 Å². The molecule has 0 radical (unpaired) electrons. The second kappa shape index (κ2) is 7.71. The molecule has 2 aromatic carbocycles. The maximum Gasteiger partial charge on any atom is 0.435 e. The maximum atomic E-state index is 13.8. The summed E-state index contributed by atoms with van der Waals surface area (Å²) in [5, 5.41) is 6.84. The van der Waals surface area contributed by atoms with Crippen LogP contribution in [-0.2, 0) is 18.1 Å². The fourth-order valence-corrected chi connectivity index (χ4v) is 4.90. The highest BCUT2D eigenvalue weighted by Gasteiger charge is 2.42. The van der Waals surface area contributed by atoms with Crippen molar-refractivity contribution < 1.29 is 22.3 Å². The van der Waals surface area contributed by atoms with E-state index in [1.54, 1.807) is 18.2 Å². The molecular weight excluding hydrogens is 446 g/mol. The summed E-state index contributed by atoms with van der Waals surface area (Å²) in [6.45, 7) is 2.51. The van der Waals surface area contributed by atoms with Gasteiger partial charge in [-0.05, 0) is 73.0 Å². The lowest BCUT2D eigenvalue weighted by atomic mass is 9.68. The van der Waals surface area contributed by atoms with Crippen LogP contribution in [0.25, 0.3) is 0 Å². The minimum Gasteiger partial charge on any atom is -0.438 e. The van der Waals surface area contributed by atoms with E-state index in [1.165, 1.54) is 6.07 Å². The molecule has 0 atom stereocenters. The van der Waals surface area contributed by atoms with Crippen LogP contribution in [0, 0.1) is 5.82 Å². The lowest BCUT2D eigenvalue weighted by Gasteiger charge is -2.39. The van der Waals surface area contributed by atoms with Crippen molar-refractivity contribution in [3.05, 3.63) is 81.8 Å². The molecule has 0 unspecified atom stereocenters. The summed E-state index contributed by atoms with van der Waals surface area (Å²) >= 11 is 6.10. The molecule has 3 aromatic rings. The van der Waals surface area contributed by atoms with Crippen LogP contribution < -0.4 is 4.74 Å². The maximum absolute atomic E-state index is 13.8. The molecule has 9 heteroatoms. The molecule has 1 aromatic heterocycles. The van der Waals surface area contributed by atoms with E-state index in [9.17, 15) is 17.6 Å². The number of ether oxygens (including phenoxy) is 1. The molecule has 0 N–H and O–H groups in total. The molecule has 3 aliphatic rings. The lowest BCUT2D eigenvalue weighted by molar-refractivity contribution is -0.141. The molecule has 1 saturated heterocycles. The van der Waals surface area contributed by atoms with Crippen LogP contribution in [-0.4, -0.2) is 28.2 Å². The zero-order chi connectivity index (χ0) is 22.5. The van der Waals surface area contributed by atoms with Crippen molar-refractivity contribution in [2.24, 2.45) is 0 Å². The van der Waals surface area contributed by atoms with Crippen molar-refractivity contribution in [2.75, 3.05) is 13.1 Å². The molecule has 4 nitrogen and oxygen atoms in total. The minimum absolute atomic E-state index is 0.0186. The van der Waals surface area contributed by atoms with Gasteiger partial charge in [0.2, 0.25) is 5.88 Å². The summed E-state index contributed by atoms with van der Waals surface area (Å²) < 4.78 is 57.6. The Bertz CT molecular complexity index is 1160. The number of hydrogen-bond donors (Lipinski definition) is 0. The number of piperidine rings is 1. The highest BCUT2D eigenvalue weighted by Crippen LogP contribution is 2.47. The van der Waals surface area contributed by atoms with Crippen molar-refractivity contribution in [1.82, 2.24) is 15.1 Å². The zero-order valence-corrected chi connectivity index (χ0v) is 17.5. The number of aromatic nitrogens is 2. The van der Waals surface area contributed by atoms with Crippen molar-refractivity contribution in [2.45, 2.75) is 31.0 Å². The molecule has 0 saturated carbocycles. The molecule has 4 heterocycles. The minimum atomic E-state index is -4.55. The quantitative estimate of drug-likeness (QED) is 0.448. The number of rotatable bonds is 3. The summed E-state index contributed by atoms with van der Waals surface area (Å²) in [4.78, 5) is 2.34. The second-order valence-electron chi connectivity index (χ2n) is 8.16. The smallest absolute Gasteiger partial charge is 0.435 e. The average Bonchev–Trinajstić information content (AvgIpc) is 3.02. The Hall–Kier alpha value is -2.71. The summed E-state index contributed by atoms with van der Waals surface area (Å²) in [7, 11) is 0. The van der Waals surface area contributed by atoms with Crippen molar-refractivity contribution in [1.29, 1.82) is 0 Å². The third kappa shape index (κ3) is 3.71. The molecule has 32 heavy (non-hydrogen) atoms. The Morgan fingerprint density at radius 2 is 1.75 bits per heavy atom. The molecular formula is C23H18ClF4N3O. The molecule has 3 aliphatic heterocycles. The van der Waals surface area contributed by atoms with Gasteiger partial charge < -0.3 is 4.74 Å². The van der Waals surface area contributed by atoms with Gasteiger partial charge in [0.1, 0.15) is 11.6 Å². The normalized spacial score (nSPS) is 22.3. The van der Waals surface area contributed by atoms with Crippen LogP contribution in [0.1, 0.15) is 35.2 Å². The highest BCUT2D eigenvalue weighted by molar-refractivity contribution is 6.30. The predicted octanol–water partition coefficient (Wildman–Crippen LogP) is 5.98. The van der Waals surface area contributed by atoms with E-state index in [0.29, 0.717) is 5.75 Å². The topological polar surface area (TPSA) is 38.2 Å².